The summed E-state index contributed by atoms with van der Waals surface area (Å²) in [5.74, 6) is 0.112. The lowest BCUT2D eigenvalue weighted by Crippen LogP contribution is -2.07. The van der Waals surface area contributed by atoms with Crippen LogP contribution in [0, 0.1) is 0 Å². The fourth-order valence-electron chi connectivity index (χ4n) is 1.83. The van der Waals surface area contributed by atoms with Gasteiger partial charge in [0.15, 0.2) is 0 Å². The Morgan fingerprint density at radius 3 is 2.55 bits per heavy atom. The van der Waals surface area contributed by atoms with Crippen molar-refractivity contribution in [3.63, 3.8) is 0 Å². The molecule has 0 aliphatic rings. The van der Waals surface area contributed by atoms with Crippen LogP contribution < -0.4 is 0 Å². The van der Waals surface area contributed by atoms with Gasteiger partial charge in [0.05, 0.1) is 22.1 Å². The summed E-state index contributed by atoms with van der Waals surface area (Å²) < 4.78 is 54.1. The van der Waals surface area contributed by atoms with E-state index in [9.17, 15) is 17.4 Å². The van der Waals surface area contributed by atoms with Crippen molar-refractivity contribution in [3.05, 3.63) is 47.7 Å². The zero-order valence-electron chi connectivity index (χ0n) is 10.9. The molecule has 1 atom stereocenters. The highest BCUT2D eigenvalue weighted by molar-refractivity contribution is 7.84. The predicted molar refractivity (Wildman–Crippen MR) is 71.2 cm³/mol. The van der Waals surface area contributed by atoms with Crippen LogP contribution >= 0.6 is 0 Å². The van der Waals surface area contributed by atoms with E-state index in [1.807, 2.05) is 0 Å². The molecule has 0 spiro atoms. The fraction of sp³-hybridized carbons (Fsp3) is 0.154. The summed E-state index contributed by atoms with van der Waals surface area (Å²) in [6, 6.07) is 7.01. The second-order valence-electron chi connectivity index (χ2n) is 4.46. The Bertz CT molecular complexity index is 830. The molecule has 0 aliphatic heterocycles. The summed E-state index contributed by atoms with van der Waals surface area (Å²) in [7, 11) is -1.56. The predicted octanol–water partition coefficient (Wildman–Crippen LogP) is 2.94. The number of aromatic nitrogens is 3. The van der Waals surface area contributed by atoms with Crippen LogP contribution in [0.4, 0.5) is 13.2 Å². The molecule has 0 radical (unpaired) electrons. The van der Waals surface area contributed by atoms with Crippen LogP contribution in [-0.2, 0) is 22.7 Å². The van der Waals surface area contributed by atoms with Gasteiger partial charge in [0.25, 0.3) is 0 Å². The minimum atomic E-state index is -4.46. The average molecular weight is 327 g/mol. The Hall–Kier alpha value is -2.29. The van der Waals surface area contributed by atoms with E-state index in [4.69, 9.17) is 0 Å². The van der Waals surface area contributed by atoms with Crippen molar-refractivity contribution in [2.75, 3.05) is 0 Å². The van der Waals surface area contributed by atoms with Gasteiger partial charge in [0.1, 0.15) is 16.1 Å². The zero-order valence-corrected chi connectivity index (χ0v) is 11.7. The van der Waals surface area contributed by atoms with Gasteiger partial charge in [-0.2, -0.15) is 13.2 Å². The van der Waals surface area contributed by atoms with Crippen LogP contribution in [0.2, 0.25) is 0 Å². The number of benzene rings is 1. The summed E-state index contributed by atoms with van der Waals surface area (Å²) in [6.45, 7) is 0. The first-order valence-electron chi connectivity index (χ1n) is 6.06. The number of alkyl halides is 3. The van der Waals surface area contributed by atoms with Crippen LogP contribution in [0.1, 0.15) is 11.1 Å². The van der Waals surface area contributed by atoms with E-state index in [2.05, 4.69) is 19.9 Å². The van der Waals surface area contributed by atoms with Crippen LogP contribution in [0.3, 0.4) is 0 Å². The summed E-state index contributed by atoms with van der Waals surface area (Å²) >= 11 is 0. The van der Waals surface area contributed by atoms with Gasteiger partial charge in [-0.15, -0.1) is 0 Å². The Balaban J connectivity index is 1.78. The van der Waals surface area contributed by atoms with Gasteiger partial charge < -0.3 is 0 Å². The summed E-state index contributed by atoms with van der Waals surface area (Å²) in [4.78, 5) is 3.63. The maximum Gasteiger partial charge on any atom is 0.417 e. The molecule has 0 amide bonds. The van der Waals surface area contributed by atoms with E-state index in [0.29, 0.717) is 22.8 Å². The lowest BCUT2D eigenvalue weighted by atomic mass is 10.2. The van der Waals surface area contributed by atoms with Gasteiger partial charge in [-0.1, -0.05) is 6.07 Å². The van der Waals surface area contributed by atoms with Gasteiger partial charge in [-0.25, -0.2) is 9.61 Å². The molecule has 5 nitrogen and oxygen atoms in total. The first kappa shape index (κ1) is 14.6. The zero-order chi connectivity index (χ0) is 15.7. The molecule has 0 saturated carbocycles. The minimum Gasteiger partial charge on any atom is -0.252 e. The highest BCUT2D eigenvalue weighted by Crippen LogP contribution is 2.28. The molecule has 0 aliphatic carbocycles. The molecule has 3 rings (SSSR count). The number of rotatable bonds is 3. The average Bonchev–Trinajstić information content (AvgIpc) is 2.94. The molecule has 2 aromatic heterocycles. The van der Waals surface area contributed by atoms with Crippen LogP contribution in [0.5, 0.6) is 0 Å². The number of hydrogen-bond acceptors (Lipinski definition) is 5. The minimum absolute atomic E-state index is 0.0892. The lowest BCUT2D eigenvalue weighted by molar-refractivity contribution is -0.137. The smallest absolute Gasteiger partial charge is 0.252 e. The van der Waals surface area contributed by atoms with E-state index in [1.165, 1.54) is 0 Å². The van der Waals surface area contributed by atoms with Crippen LogP contribution in [0.25, 0.3) is 11.0 Å². The summed E-state index contributed by atoms with van der Waals surface area (Å²) in [6.07, 6.45) is -3.78. The van der Waals surface area contributed by atoms with Crippen molar-refractivity contribution < 1.29 is 22.0 Å². The fourth-order valence-corrected chi connectivity index (χ4v) is 2.85. The number of nitrogens with zero attached hydrogens (tertiary/aromatic N) is 3. The maximum atomic E-state index is 12.4. The quantitative estimate of drug-likeness (QED) is 0.740. The second kappa shape index (κ2) is 5.48. The third kappa shape index (κ3) is 2.98. The normalized spacial score (nSPS) is 13.4. The molecular weight excluding hydrogens is 319 g/mol. The number of pyridine rings is 1. The molecule has 0 unspecified atom stereocenters. The van der Waals surface area contributed by atoms with Gasteiger partial charge in [0, 0.05) is 6.20 Å². The van der Waals surface area contributed by atoms with Crippen molar-refractivity contribution >= 4 is 21.8 Å². The molecule has 22 heavy (non-hydrogen) atoms. The molecule has 2 heterocycles. The third-order valence-corrected chi connectivity index (χ3v) is 4.22. The molecule has 0 saturated heterocycles. The van der Waals surface area contributed by atoms with Crippen LogP contribution in [-0.4, -0.2) is 19.5 Å². The molecule has 3 aromatic rings. The summed E-state index contributed by atoms with van der Waals surface area (Å²) in [5, 5.41) is 7.41. The molecule has 0 bridgehead atoms. The molecule has 9 heteroatoms. The maximum absolute atomic E-state index is 12.4. The monoisotopic (exact) mass is 327 g/mol. The van der Waals surface area contributed by atoms with Gasteiger partial charge in [0.2, 0.25) is 0 Å². The van der Waals surface area contributed by atoms with Crippen molar-refractivity contribution in [3.8, 4) is 0 Å². The van der Waals surface area contributed by atoms with Crippen molar-refractivity contribution in [1.82, 2.24) is 15.3 Å². The molecule has 0 fully saturated rings. The number of fused-ring (bicyclic) bond motifs is 1. The van der Waals surface area contributed by atoms with Crippen LogP contribution in [0.15, 0.2) is 46.2 Å². The number of halogens is 3. The lowest BCUT2D eigenvalue weighted by Gasteiger charge is -2.07. The molecular formula is C13H8F3N3O2S. The highest BCUT2D eigenvalue weighted by atomic mass is 32.2. The SMILES string of the molecule is O=[S@@](Cc1ccc2nonc2c1)c1ccc(C(F)(F)F)cn1. The van der Waals surface area contributed by atoms with Crippen molar-refractivity contribution in [2.24, 2.45) is 0 Å². The van der Waals surface area contributed by atoms with E-state index in [1.54, 1.807) is 18.2 Å². The van der Waals surface area contributed by atoms with E-state index >= 15 is 0 Å². The Labute approximate surface area is 124 Å². The highest BCUT2D eigenvalue weighted by Gasteiger charge is 2.30. The summed E-state index contributed by atoms with van der Waals surface area (Å²) in [5.41, 5.74) is 0.920. The number of hydrogen-bond donors (Lipinski definition) is 0. The van der Waals surface area contributed by atoms with Crippen molar-refractivity contribution in [1.29, 1.82) is 0 Å². The second-order valence-corrected chi connectivity index (χ2v) is 5.86. The van der Waals surface area contributed by atoms with Gasteiger partial charge >= 0.3 is 6.18 Å². The van der Waals surface area contributed by atoms with E-state index < -0.39 is 22.5 Å². The largest absolute Gasteiger partial charge is 0.417 e. The Morgan fingerprint density at radius 1 is 1.09 bits per heavy atom. The van der Waals surface area contributed by atoms with Gasteiger partial charge in [-0.05, 0) is 40.1 Å². The first-order valence-corrected chi connectivity index (χ1v) is 7.38. The third-order valence-electron chi connectivity index (χ3n) is 2.91. The molecule has 114 valence electrons. The Kier molecular flexibility index (Phi) is 3.65. The van der Waals surface area contributed by atoms with Gasteiger partial charge in [-0.3, -0.25) is 4.21 Å². The molecule has 0 N–H and O–H groups in total. The van der Waals surface area contributed by atoms with Crippen molar-refractivity contribution in [2.45, 2.75) is 17.0 Å². The topological polar surface area (TPSA) is 68.9 Å². The Morgan fingerprint density at radius 2 is 1.86 bits per heavy atom. The van der Waals surface area contributed by atoms with E-state index in [0.717, 1.165) is 12.1 Å². The first-order chi connectivity index (χ1) is 10.4. The standard InChI is InChI=1S/C13H8F3N3O2S/c14-13(15,16)9-2-4-12(17-6-9)22(20)7-8-1-3-10-11(5-8)19-21-18-10/h1-6H,7H2/t22-/m0/s1. The van der Waals surface area contributed by atoms with E-state index in [-0.39, 0.29) is 10.8 Å². The molecule has 1 aromatic carbocycles.